The molecule has 2 rings (SSSR count). The lowest BCUT2D eigenvalue weighted by molar-refractivity contribution is 0.456. The summed E-state index contributed by atoms with van der Waals surface area (Å²) < 4.78 is 7.57. The number of nitrogens with one attached hydrogen (secondary N) is 1. The third-order valence-corrected chi connectivity index (χ3v) is 2.53. The quantitative estimate of drug-likeness (QED) is 0.853. The maximum absolute atomic E-state index is 5.68. The van der Waals surface area contributed by atoms with Crippen molar-refractivity contribution in [2.75, 3.05) is 7.05 Å². The number of nitrogens with zero attached hydrogens (tertiary/aromatic N) is 2. The van der Waals surface area contributed by atoms with Crippen molar-refractivity contribution < 1.29 is 4.42 Å². The van der Waals surface area contributed by atoms with Crippen LogP contribution in [0.1, 0.15) is 22.8 Å². The highest BCUT2D eigenvalue weighted by molar-refractivity contribution is 5.20. The first-order valence-corrected chi connectivity index (χ1v) is 5.42. The molecular weight excluding hydrogens is 202 g/mol. The van der Waals surface area contributed by atoms with Gasteiger partial charge in [0.05, 0.1) is 12.2 Å². The smallest absolute Gasteiger partial charge is 0.125 e. The molecule has 0 bridgehead atoms. The molecule has 2 aromatic heterocycles. The molecule has 0 aromatic carbocycles. The van der Waals surface area contributed by atoms with E-state index in [-0.39, 0.29) is 0 Å². The lowest BCUT2D eigenvalue weighted by Crippen LogP contribution is -2.04. The van der Waals surface area contributed by atoms with Crippen LogP contribution >= 0.6 is 0 Å². The number of hydrogen-bond acceptors (Lipinski definition) is 3. The Labute approximate surface area is 95.3 Å². The molecule has 4 nitrogen and oxygen atoms in total. The van der Waals surface area contributed by atoms with E-state index in [1.54, 1.807) is 0 Å². The van der Waals surface area contributed by atoms with Gasteiger partial charge in [0.15, 0.2) is 0 Å². The predicted octanol–water partition coefficient (Wildman–Crippen LogP) is 1.86. The van der Waals surface area contributed by atoms with Gasteiger partial charge in [-0.25, -0.2) is 0 Å². The second-order valence-electron chi connectivity index (χ2n) is 3.98. The van der Waals surface area contributed by atoms with Crippen LogP contribution in [0.5, 0.6) is 0 Å². The van der Waals surface area contributed by atoms with Crippen molar-refractivity contribution in [3.63, 3.8) is 0 Å². The minimum atomic E-state index is 0.693. The summed E-state index contributed by atoms with van der Waals surface area (Å²) in [4.78, 5) is 0. The van der Waals surface area contributed by atoms with Gasteiger partial charge >= 0.3 is 0 Å². The highest BCUT2D eigenvalue weighted by Crippen LogP contribution is 2.15. The van der Waals surface area contributed by atoms with Gasteiger partial charge in [-0.2, -0.15) is 5.10 Å². The van der Waals surface area contributed by atoms with Gasteiger partial charge in [-0.15, -0.1) is 0 Å². The fraction of sp³-hybridized carbons (Fsp3) is 0.417. The van der Waals surface area contributed by atoms with E-state index in [0.29, 0.717) is 6.54 Å². The molecule has 0 amide bonds. The van der Waals surface area contributed by atoms with Crippen molar-refractivity contribution >= 4 is 0 Å². The molecule has 0 atom stereocenters. The maximum atomic E-state index is 5.68. The molecule has 1 N–H and O–H groups in total. The second kappa shape index (κ2) is 4.53. The largest absolute Gasteiger partial charge is 0.464 e. The monoisotopic (exact) mass is 219 g/mol. The Morgan fingerprint density at radius 1 is 1.44 bits per heavy atom. The van der Waals surface area contributed by atoms with Crippen LogP contribution in [0.15, 0.2) is 22.7 Å². The first kappa shape index (κ1) is 11.0. The van der Waals surface area contributed by atoms with Gasteiger partial charge in [0.1, 0.15) is 11.5 Å². The van der Waals surface area contributed by atoms with E-state index < -0.39 is 0 Å². The Morgan fingerprint density at radius 2 is 2.25 bits per heavy atom. The van der Waals surface area contributed by atoms with Gasteiger partial charge in [-0.1, -0.05) is 0 Å². The molecule has 0 aliphatic rings. The first-order chi connectivity index (χ1) is 7.69. The number of hydrogen-bond donors (Lipinski definition) is 1. The minimum Gasteiger partial charge on any atom is -0.464 e. The van der Waals surface area contributed by atoms with Crippen molar-refractivity contribution in [3.8, 4) is 0 Å². The van der Waals surface area contributed by atoms with Gasteiger partial charge in [0.25, 0.3) is 0 Å². The Morgan fingerprint density at radius 3 is 2.88 bits per heavy atom. The maximum Gasteiger partial charge on any atom is 0.125 e. The summed E-state index contributed by atoms with van der Waals surface area (Å²) in [5.41, 5.74) is 2.24. The van der Waals surface area contributed by atoms with Crippen LogP contribution in [0.2, 0.25) is 0 Å². The number of aryl methyl sites for hydroxylation is 2. The molecule has 0 radical (unpaired) electrons. The Bertz CT molecular complexity index is 470. The zero-order chi connectivity index (χ0) is 11.5. The first-order valence-electron chi connectivity index (χ1n) is 5.42. The van der Waals surface area contributed by atoms with Crippen molar-refractivity contribution in [2.24, 2.45) is 0 Å². The molecule has 0 saturated carbocycles. The Kier molecular flexibility index (Phi) is 3.10. The summed E-state index contributed by atoms with van der Waals surface area (Å²) in [6, 6.07) is 4.08. The van der Waals surface area contributed by atoms with Gasteiger partial charge in [0, 0.05) is 18.3 Å². The summed E-state index contributed by atoms with van der Waals surface area (Å²) in [6.45, 7) is 5.51. The van der Waals surface area contributed by atoms with Crippen LogP contribution in [0.4, 0.5) is 0 Å². The molecule has 86 valence electrons. The third-order valence-electron chi connectivity index (χ3n) is 2.53. The average molecular weight is 219 g/mol. The Hall–Kier alpha value is -1.55. The summed E-state index contributed by atoms with van der Waals surface area (Å²) in [7, 11) is 1.93. The van der Waals surface area contributed by atoms with Gasteiger partial charge < -0.3 is 9.73 Å². The predicted molar refractivity (Wildman–Crippen MR) is 62.3 cm³/mol. The van der Waals surface area contributed by atoms with Crippen LogP contribution in [0.3, 0.4) is 0 Å². The average Bonchev–Trinajstić information content (AvgIpc) is 2.76. The van der Waals surface area contributed by atoms with E-state index in [9.17, 15) is 0 Å². The van der Waals surface area contributed by atoms with E-state index in [2.05, 4.69) is 16.5 Å². The number of rotatable bonds is 4. The SMILES string of the molecule is CNCc1cc(Cn2ccc(C)n2)oc1C. The highest BCUT2D eigenvalue weighted by atomic mass is 16.3. The van der Waals surface area contributed by atoms with E-state index in [1.807, 2.05) is 37.8 Å². The van der Waals surface area contributed by atoms with Crippen LogP contribution in [0, 0.1) is 13.8 Å². The van der Waals surface area contributed by atoms with Crippen molar-refractivity contribution in [2.45, 2.75) is 26.9 Å². The molecule has 0 aliphatic heterocycles. The van der Waals surface area contributed by atoms with E-state index in [0.717, 1.165) is 23.8 Å². The lowest BCUT2D eigenvalue weighted by Gasteiger charge is -1.96. The third kappa shape index (κ3) is 2.33. The summed E-state index contributed by atoms with van der Waals surface area (Å²) in [5, 5.41) is 7.46. The lowest BCUT2D eigenvalue weighted by atomic mass is 10.2. The summed E-state index contributed by atoms with van der Waals surface area (Å²) in [5.74, 6) is 1.93. The van der Waals surface area contributed by atoms with Gasteiger partial charge in [0.2, 0.25) is 0 Å². The van der Waals surface area contributed by atoms with Crippen LogP contribution in [-0.2, 0) is 13.1 Å². The summed E-state index contributed by atoms with van der Waals surface area (Å²) in [6.07, 6.45) is 1.96. The molecule has 16 heavy (non-hydrogen) atoms. The molecule has 0 spiro atoms. The fourth-order valence-electron chi connectivity index (χ4n) is 1.74. The molecule has 2 aromatic rings. The van der Waals surface area contributed by atoms with Crippen LogP contribution in [-0.4, -0.2) is 16.8 Å². The van der Waals surface area contributed by atoms with Gasteiger partial charge in [-0.3, -0.25) is 4.68 Å². The zero-order valence-corrected chi connectivity index (χ0v) is 9.95. The summed E-state index contributed by atoms with van der Waals surface area (Å²) >= 11 is 0. The highest BCUT2D eigenvalue weighted by Gasteiger charge is 2.07. The normalized spacial score (nSPS) is 10.9. The van der Waals surface area contributed by atoms with Gasteiger partial charge in [-0.05, 0) is 33.0 Å². The number of aromatic nitrogens is 2. The fourth-order valence-corrected chi connectivity index (χ4v) is 1.74. The second-order valence-corrected chi connectivity index (χ2v) is 3.98. The molecule has 2 heterocycles. The molecule has 0 unspecified atom stereocenters. The van der Waals surface area contributed by atoms with Crippen molar-refractivity contribution in [1.82, 2.24) is 15.1 Å². The molecule has 0 saturated heterocycles. The van der Waals surface area contributed by atoms with Crippen molar-refractivity contribution in [3.05, 3.63) is 41.1 Å². The topological polar surface area (TPSA) is 43.0 Å². The van der Waals surface area contributed by atoms with E-state index >= 15 is 0 Å². The molecule has 4 heteroatoms. The Balaban J connectivity index is 2.13. The molecule has 0 fully saturated rings. The standard InChI is InChI=1S/C12H17N3O/c1-9-4-5-15(14-9)8-12-6-11(7-13-3)10(2)16-12/h4-6,13H,7-8H2,1-3H3. The molecule has 0 aliphatic carbocycles. The van der Waals surface area contributed by atoms with E-state index in [1.165, 1.54) is 5.56 Å². The minimum absolute atomic E-state index is 0.693. The number of furan rings is 1. The molecular formula is C12H17N3O. The zero-order valence-electron chi connectivity index (χ0n) is 9.95. The van der Waals surface area contributed by atoms with Crippen LogP contribution < -0.4 is 5.32 Å². The van der Waals surface area contributed by atoms with E-state index in [4.69, 9.17) is 4.42 Å². The van der Waals surface area contributed by atoms with Crippen molar-refractivity contribution in [1.29, 1.82) is 0 Å². The van der Waals surface area contributed by atoms with Crippen LogP contribution in [0.25, 0.3) is 0 Å².